The standard InChI is InChI=1S/C10H20N2O/c1-4-11(3)8-10-6-5-7-12(10)9(2)13/h10H,4-8H2,1-3H3. The summed E-state index contributed by atoms with van der Waals surface area (Å²) in [5, 5.41) is 0. The lowest BCUT2D eigenvalue weighted by Gasteiger charge is -2.27. The molecule has 1 unspecified atom stereocenters. The minimum absolute atomic E-state index is 0.229. The number of likely N-dealkylation sites (tertiary alicyclic amines) is 1. The Bertz CT molecular complexity index is 182. The molecule has 0 N–H and O–H groups in total. The lowest BCUT2D eigenvalue weighted by molar-refractivity contribution is -0.129. The van der Waals surface area contributed by atoms with E-state index in [4.69, 9.17) is 0 Å². The monoisotopic (exact) mass is 184 g/mol. The molecule has 0 aliphatic carbocycles. The van der Waals surface area contributed by atoms with E-state index in [0.29, 0.717) is 6.04 Å². The molecule has 1 aliphatic rings. The van der Waals surface area contributed by atoms with Gasteiger partial charge in [-0.1, -0.05) is 6.92 Å². The Hall–Kier alpha value is -0.570. The number of carbonyl (C=O) groups is 1. The highest BCUT2D eigenvalue weighted by Crippen LogP contribution is 2.17. The van der Waals surface area contributed by atoms with E-state index in [1.165, 1.54) is 12.8 Å². The molecule has 1 heterocycles. The lowest BCUT2D eigenvalue weighted by Crippen LogP contribution is -2.41. The molecule has 3 nitrogen and oxygen atoms in total. The van der Waals surface area contributed by atoms with Crippen LogP contribution in [0.5, 0.6) is 0 Å². The van der Waals surface area contributed by atoms with Crippen molar-refractivity contribution in [1.82, 2.24) is 9.80 Å². The third-order valence-corrected chi connectivity index (χ3v) is 2.84. The molecule has 0 saturated carbocycles. The molecule has 0 radical (unpaired) electrons. The SMILES string of the molecule is CCN(C)CC1CCCN1C(C)=O. The zero-order chi connectivity index (χ0) is 9.84. The van der Waals surface area contributed by atoms with Gasteiger partial charge in [-0.2, -0.15) is 0 Å². The molecule has 0 aromatic rings. The molecule has 1 amide bonds. The Morgan fingerprint density at radius 3 is 2.85 bits per heavy atom. The second-order valence-electron chi connectivity index (χ2n) is 3.86. The van der Waals surface area contributed by atoms with E-state index in [2.05, 4.69) is 18.9 Å². The van der Waals surface area contributed by atoms with Gasteiger partial charge in [0.2, 0.25) is 5.91 Å². The molecule has 76 valence electrons. The fourth-order valence-electron chi connectivity index (χ4n) is 1.93. The smallest absolute Gasteiger partial charge is 0.219 e. The number of hydrogen-bond acceptors (Lipinski definition) is 2. The van der Waals surface area contributed by atoms with Crippen molar-refractivity contribution in [2.45, 2.75) is 32.7 Å². The zero-order valence-electron chi connectivity index (χ0n) is 8.92. The van der Waals surface area contributed by atoms with E-state index < -0.39 is 0 Å². The van der Waals surface area contributed by atoms with Crippen LogP contribution in [0, 0.1) is 0 Å². The molecule has 13 heavy (non-hydrogen) atoms. The highest BCUT2D eigenvalue weighted by atomic mass is 16.2. The second-order valence-corrected chi connectivity index (χ2v) is 3.86. The number of nitrogens with zero attached hydrogens (tertiary/aromatic N) is 2. The summed E-state index contributed by atoms with van der Waals surface area (Å²) in [5.74, 6) is 0.229. The van der Waals surface area contributed by atoms with Crippen molar-refractivity contribution in [2.24, 2.45) is 0 Å². The molecule has 3 heteroatoms. The molecule has 0 bridgehead atoms. The number of carbonyl (C=O) groups excluding carboxylic acids is 1. The van der Waals surface area contributed by atoms with Gasteiger partial charge in [-0.15, -0.1) is 0 Å². The maximum atomic E-state index is 11.2. The quantitative estimate of drug-likeness (QED) is 0.652. The minimum Gasteiger partial charge on any atom is -0.339 e. The van der Waals surface area contributed by atoms with Crippen LogP contribution in [0.25, 0.3) is 0 Å². The fraction of sp³-hybridized carbons (Fsp3) is 0.900. The fourth-order valence-corrected chi connectivity index (χ4v) is 1.93. The summed E-state index contributed by atoms with van der Waals surface area (Å²) in [5.41, 5.74) is 0. The van der Waals surface area contributed by atoms with Crippen molar-refractivity contribution in [1.29, 1.82) is 0 Å². The first kappa shape index (κ1) is 10.5. The number of rotatable bonds is 3. The summed E-state index contributed by atoms with van der Waals surface area (Å²) < 4.78 is 0. The molecule has 0 aromatic heterocycles. The van der Waals surface area contributed by atoms with Crippen LogP contribution in [0.15, 0.2) is 0 Å². The van der Waals surface area contributed by atoms with Gasteiger partial charge in [0.1, 0.15) is 0 Å². The first-order valence-corrected chi connectivity index (χ1v) is 5.11. The normalized spacial score (nSPS) is 22.8. The molecular formula is C10H20N2O. The number of amides is 1. The van der Waals surface area contributed by atoms with Gasteiger partial charge in [0.05, 0.1) is 0 Å². The summed E-state index contributed by atoms with van der Waals surface area (Å²) in [6.07, 6.45) is 2.34. The van der Waals surface area contributed by atoms with Gasteiger partial charge in [0, 0.05) is 26.1 Å². The van der Waals surface area contributed by atoms with Crippen molar-refractivity contribution < 1.29 is 4.79 Å². The second kappa shape index (κ2) is 4.61. The lowest BCUT2D eigenvalue weighted by atomic mass is 10.2. The summed E-state index contributed by atoms with van der Waals surface area (Å²) in [7, 11) is 2.11. The van der Waals surface area contributed by atoms with E-state index in [1.807, 2.05) is 4.90 Å². The molecule has 1 atom stereocenters. The first-order valence-electron chi connectivity index (χ1n) is 5.11. The summed E-state index contributed by atoms with van der Waals surface area (Å²) in [4.78, 5) is 15.5. The van der Waals surface area contributed by atoms with Crippen molar-refractivity contribution in [3.8, 4) is 0 Å². The first-order chi connectivity index (χ1) is 6.15. The van der Waals surface area contributed by atoms with Crippen LogP contribution in [0.4, 0.5) is 0 Å². The van der Waals surface area contributed by atoms with Crippen molar-refractivity contribution >= 4 is 5.91 Å². The Morgan fingerprint density at radius 1 is 1.62 bits per heavy atom. The maximum Gasteiger partial charge on any atom is 0.219 e. The topological polar surface area (TPSA) is 23.6 Å². The Balaban J connectivity index is 2.44. The average Bonchev–Trinajstić information content (AvgIpc) is 2.52. The van der Waals surface area contributed by atoms with Gasteiger partial charge >= 0.3 is 0 Å². The summed E-state index contributed by atoms with van der Waals surface area (Å²) in [6.45, 7) is 6.85. The van der Waals surface area contributed by atoms with E-state index in [9.17, 15) is 4.79 Å². The minimum atomic E-state index is 0.229. The van der Waals surface area contributed by atoms with Gasteiger partial charge < -0.3 is 9.80 Å². The van der Waals surface area contributed by atoms with E-state index in [-0.39, 0.29) is 5.91 Å². The Kier molecular flexibility index (Phi) is 3.72. The Labute approximate surface area is 80.7 Å². The van der Waals surface area contributed by atoms with Crippen LogP contribution in [0.1, 0.15) is 26.7 Å². The number of hydrogen-bond donors (Lipinski definition) is 0. The molecule has 0 spiro atoms. The third kappa shape index (κ3) is 2.69. The van der Waals surface area contributed by atoms with E-state index in [1.54, 1.807) is 6.92 Å². The van der Waals surface area contributed by atoms with Gasteiger partial charge in [-0.05, 0) is 26.4 Å². The zero-order valence-corrected chi connectivity index (χ0v) is 8.92. The molecular weight excluding hydrogens is 164 g/mol. The Morgan fingerprint density at radius 2 is 2.31 bits per heavy atom. The van der Waals surface area contributed by atoms with Gasteiger partial charge in [0.25, 0.3) is 0 Å². The molecule has 0 aromatic carbocycles. The predicted octanol–water partition coefficient (Wildman–Crippen LogP) is 0.949. The molecule has 1 fully saturated rings. The van der Waals surface area contributed by atoms with E-state index >= 15 is 0 Å². The summed E-state index contributed by atoms with van der Waals surface area (Å²) >= 11 is 0. The van der Waals surface area contributed by atoms with Crippen molar-refractivity contribution in [3.05, 3.63) is 0 Å². The number of likely N-dealkylation sites (N-methyl/N-ethyl adjacent to an activating group) is 1. The highest BCUT2D eigenvalue weighted by molar-refractivity contribution is 5.73. The average molecular weight is 184 g/mol. The molecule has 1 rings (SSSR count). The summed E-state index contributed by atoms with van der Waals surface area (Å²) in [6, 6.07) is 0.461. The van der Waals surface area contributed by atoms with Crippen LogP contribution in [-0.2, 0) is 4.79 Å². The van der Waals surface area contributed by atoms with E-state index in [0.717, 1.165) is 19.6 Å². The van der Waals surface area contributed by atoms with Gasteiger partial charge in [-0.3, -0.25) is 4.79 Å². The predicted molar refractivity (Wildman–Crippen MR) is 53.6 cm³/mol. The van der Waals surface area contributed by atoms with Crippen LogP contribution in [0.2, 0.25) is 0 Å². The van der Waals surface area contributed by atoms with Crippen molar-refractivity contribution in [3.63, 3.8) is 0 Å². The van der Waals surface area contributed by atoms with Crippen LogP contribution in [-0.4, -0.2) is 48.4 Å². The van der Waals surface area contributed by atoms with Gasteiger partial charge in [-0.25, -0.2) is 0 Å². The van der Waals surface area contributed by atoms with Crippen molar-refractivity contribution in [2.75, 3.05) is 26.7 Å². The highest BCUT2D eigenvalue weighted by Gasteiger charge is 2.26. The third-order valence-electron chi connectivity index (χ3n) is 2.84. The largest absolute Gasteiger partial charge is 0.339 e. The maximum absolute atomic E-state index is 11.2. The van der Waals surface area contributed by atoms with Crippen LogP contribution < -0.4 is 0 Å². The molecule has 1 saturated heterocycles. The van der Waals surface area contributed by atoms with Gasteiger partial charge in [0.15, 0.2) is 0 Å². The molecule has 1 aliphatic heterocycles. The van der Waals surface area contributed by atoms with Crippen LogP contribution in [0.3, 0.4) is 0 Å². The van der Waals surface area contributed by atoms with Crippen LogP contribution >= 0.6 is 0 Å².